The Hall–Kier alpha value is -1.69. The molecule has 94 valence electrons. The van der Waals surface area contributed by atoms with Gasteiger partial charge in [-0.3, -0.25) is 0 Å². The van der Waals surface area contributed by atoms with E-state index in [0.29, 0.717) is 23.0 Å². The molecule has 18 heavy (non-hydrogen) atoms. The highest BCUT2D eigenvalue weighted by Crippen LogP contribution is 2.47. The summed E-state index contributed by atoms with van der Waals surface area (Å²) in [6.45, 7) is 0. The molecular weight excluding hydrogens is 226 g/mol. The van der Waals surface area contributed by atoms with Crippen molar-refractivity contribution in [3.8, 4) is 17.6 Å². The zero-order valence-electron chi connectivity index (χ0n) is 10.6. The van der Waals surface area contributed by atoms with Gasteiger partial charge < -0.3 is 9.47 Å². The highest BCUT2D eigenvalue weighted by atomic mass is 16.5. The summed E-state index contributed by atoms with van der Waals surface area (Å²) in [4.78, 5) is 0. The number of fused-ring (bicyclic) bond motifs is 2. The van der Waals surface area contributed by atoms with Crippen LogP contribution in [0.1, 0.15) is 31.2 Å². The molecule has 0 saturated heterocycles. The molecule has 0 spiro atoms. The number of nitrogens with zero attached hydrogens (tertiary/aromatic N) is 1. The quantitative estimate of drug-likeness (QED) is 0.819. The predicted molar refractivity (Wildman–Crippen MR) is 67.6 cm³/mol. The first-order valence-corrected chi connectivity index (χ1v) is 6.55. The minimum absolute atomic E-state index is 0.271. The van der Waals surface area contributed by atoms with Crippen molar-refractivity contribution in [2.24, 2.45) is 11.8 Å². The Bertz CT molecular complexity index is 492. The maximum absolute atomic E-state index is 9.16. The van der Waals surface area contributed by atoms with Crippen molar-refractivity contribution >= 4 is 0 Å². The fraction of sp³-hybridized carbons (Fsp3) is 0.533. The first-order valence-electron chi connectivity index (χ1n) is 6.55. The second-order valence-corrected chi connectivity index (χ2v) is 5.28. The number of nitriles is 1. The maximum atomic E-state index is 9.16. The molecule has 2 bridgehead atoms. The van der Waals surface area contributed by atoms with Gasteiger partial charge in [-0.25, -0.2) is 0 Å². The molecule has 1 aromatic carbocycles. The second kappa shape index (κ2) is 4.53. The van der Waals surface area contributed by atoms with E-state index in [-0.39, 0.29) is 6.10 Å². The summed E-state index contributed by atoms with van der Waals surface area (Å²) in [6.07, 6.45) is 5.32. The maximum Gasteiger partial charge on any atom is 0.179 e. The molecule has 3 nitrogen and oxygen atoms in total. The van der Waals surface area contributed by atoms with E-state index in [0.717, 1.165) is 12.3 Å². The Kier molecular flexibility index (Phi) is 2.87. The second-order valence-electron chi connectivity index (χ2n) is 5.28. The molecule has 2 fully saturated rings. The summed E-state index contributed by atoms with van der Waals surface area (Å²) in [6, 6.07) is 7.64. The molecule has 3 unspecified atom stereocenters. The molecule has 3 atom stereocenters. The van der Waals surface area contributed by atoms with Crippen LogP contribution in [-0.2, 0) is 0 Å². The molecule has 2 saturated carbocycles. The van der Waals surface area contributed by atoms with Crippen LogP contribution in [0.4, 0.5) is 0 Å². The van der Waals surface area contributed by atoms with Gasteiger partial charge in [-0.1, -0.05) is 6.07 Å². The fourth-order valence-corrected chi connectivity index (χ4v) is 3.37. The topological polar surface area (TPSA) is 42.2 Å². The summed E-state index contributed by atoms with van der Waals surface area (Å²) in [5.74, 6) is 2.79. The average Bonchev–Trinajstić information content (AvgIpc) is 3.01. The van der Waals surface area contributed by atoms with Gasteiger partial charge in [0.2, 0.25) is 0 Å². The normalized spacial score (nSPS) is 29.0. The molecule has 0 radical (unpaired) electrons. The Morgan fingerprint density at radius 1 is 1.28 bits per heavy atom. The monoisotopic (exact) mass is 243 g/mol. The molecule has 2 aliphatic carbocycles. The van der Waals surface area contributed by atoms with Gasteiger partial charge in [-0.15, -0.1) is 0 Å². The van der Waals surface area contributed by atoms with Crippen LogP contribution in [0.5, 0.6) is 11.5 Å². The molecule has 0 amide bonds. The molecule has 0 aliphatic heterocycles. The van der Waals surface area contributed by atoms with E-state index in [4.69, 9.17) is 14.7 Å². The zero-order valence-corrected chi connectivity index (χ0v) is 10.6. The number of hydrogen-bond acceptors (Lipinski definition) is 3. The lowest BCUT2D eigenvalue weighted by Gasteiger charge is -2.24. The lowest BCUT2D eigenvalue weighted by molar-refractivity contribution is 0.133. The molecule has 3 heteroatoms. The van der Waals surface area contributed by atoms with Crippen LogP contribution >= 0.6 is 0 Å². The van der Waals surface area contributed by atoms with Crippen LogP contribution in [0.15, 0.2) is 18.2 Å². The molecule has 0 heterocycles. The van der Waals surface area contributed by atoms with Crippen LogP contribution in [0.25, 0.3) is 0 Å². The van der Waals surface area contributed by atoms with Crippen LogP contribution in [-0.4, -0.2) is 13.2 Å². The third-order valence-corrected chi connectivity index (χ3v) is 4.26. The van der Waals surface area contributed by atoms with E-state index in [9.17, 15) is 0 Å². The lowest BCUT2D eigenvalue weighted by Crippen LogP contribution is -2.24. The fourth-order valence-electron chi connectivity index (χ4n) is 3.37. The van der Waals surface area contributed by atoms with Gasteiger partial charge in [0.15, 0.2) is 11.5 Å². The van der Waals surface area contributed by atoms with E-state index in [2.05, 4.69) is 6.07 Å². The van der Waals surface area contributed by atoms with E-state index in [1.807, 2.05) is 12.1 Å². The molecule has 1 aromatic rings. The van der Waals surface area contributed by atoms with Crippen LogP contribution < -0.4 is 9.47 Å². The Morgan fingerprint density at radius 3 is 2.78 bits per heavy atom. The van der Waals surface area contributed by atoms with Gasteiger partial charge in [0.05, 0.1) is 12.7 Å². The minimum atomic E-state index is 0.271. The predicted octanol–water partition coefficient (Wildman–Crippen LogP) is 3.13. The highest BCUT2D eigenvalue weighted by molar-refractivity contribution is 5.52. The number of ether oxygens (including phenoxy) is 2. The van der Waals surface area contributed by atoms with Gasteiger partial charge in [-0.2, -0.15) is 5.26 Å². The summed E-state index contributed by atoms with van der Waals surface area (Å²) in [5.41, 5.74) is 0.567. The van der Waals surface area contributed by atoms with Crippen molar-refractivity contribution in [3.63, 3.8) is 0 Å². The van der Waals surface area contributed by atoms with Crippen molar-refractivity contribution < 1.29 is 9.47 Å². The van der Waals surface area contributed by atoms with Gasteiger partial charge in [0, 0.05) is 0 Å². The number of hydrogen-bond donors (Lipinski definition) is 0. The lowest BCUT2D eigenvalue weighted by atomic mass is 9.97. The Balaban J connectivity index is 1.86. The smallest absolute Gasteiger partial charge is 0.179 e. The first-order chi connectivity index (χ1) is 8.81. The van der Waals surface area contributed by atoms with Crippen molar-refractivity contribution in [1.29, 1.82) is 5.26 Å². The van der Waals surface area contributed by atoms with E-state index in [1.165, 1.54) is 19.3 Å². The van der Waals surface area contributed by atoms with Crippen molar-refractivity contribution in [3.05, 3.63) is 23.8 Å². The van der Waals surface area contributed by atoms with Crippen LogP contribution in [0.2, 0.25) is 0 Å². The zero-order chi connectivity index (χ0) is 12.5. The highest BCUT2D eigenvalue weighted by Gasteiger charge is 2.41. The summed E-state index contributed by atoms with van der Waals surface area (Å²) in [7, 11) is 1.62. The third kappa shape index (κ3) is 1.82. The number of benzene rings is 1. The average molecular weight is 243 g/mol. The standard InChI is InChI=1S/C15H17NO2/c1-17-13-4-2-3-12(9-16)15(13)18-14-8-10-5-6-11(14)7-10/h2-4,10-11,14H,5-8H2,1H3. The van der Waals surface area contributed by atoms with Gasteiger partial charge >= 0.3 is 0 Å². The minimum Gasteiger partial charge on any atom is -0.493 e. The van der Waals surface area contributed by atoms with Crippen molar-refractivity contribution in [2.45, 2.75) is 31.8 Å². The molecule has 0 aromatic heterocycles. The van der Waals surface area contributed by atoms with Crippen LogP contribution in [0.3, 0.4) is 0 Å². The van der Waals surface area contributed by atoms with Crippen molar-refractivity contribution in [2.75, 3.05) is 7.11 Å². The van der Waals surface area contributed by atoms with Crippen LogP contribution in [0, 0.1) is 23.2 Å². The van der Waals surface area contributed by atoms with Gasteiger partial charge in [0.1, 0.15) is 12.2 Å². The molecular formula is C15H17NO2. The third-order valence-electron chi connectivity index (χ3n) is 4.26. The van der Waals surface area contributed by atoms with Crippen molar-refractivity contribution in [1.82, 2.24) is 0 Å². The molecule has 0 N–H and O–H groups in total. The molecule has 3 rings (SSSR count). The summed E-state index contributed by atoms with van der Waals surface area (Å²) < 4.78 is 11.4. The summed E-state index contributed by atoms with van der Waals surface area (Å²) in [5, 5.41) is 9.16. The Labute approximate surface area is 107 Å². The largest absolute Gasteiger partial charge is 0.493 e. The molecule has 2 aliphatic rings. The van der Waals surface area contributed by atoms with E-state index >= 15 is 0 Å². The van der Waals surface area contributed by atoms with Gasteiger partial charge in [0.25, 0.3) is 0 Å². The van der Waals surface area contributed by atoms with Gasteiger partial charge in [-0.05, 0) is 49.7 Å². The number of para-hydroxylation sites is 1. The van der Waals surface area contributed by atoms with E-state index < -0.39 is 0 Å². The SMILES string of the molecule is COc1cccc(C#N)c1OC1CC2CCC1C2. The number of methoxy groups -OCH3 is 1. The first kappa shape index (κ1) is 11.4. The Morgan fingerprint density at radius 2 is 2.17 bits per heavy atom. The number of rotatable bonds is 3. The summed E-state index contributed by atoms with van der Waals surface area (Å²) >= 11 is 0. The van der Waals surface area contributed by atoms with E-state index in [1.54, 1.807) is 13.2 Å².